The number of thiazole rings is 1. The third kappa shape index (κ3) is 3.71. The molecule has 7 heteroatoms. The van der Waals surface area contributed by atoms with Crippen LogP contribution in [0.3, 0.4) is 0 Å². The molecule has 1 aromatic heterocycles. The molecule has 0 saturated carbocycles. The molecular weight excluding hydrogens is 381 g/mol. The van der Waals surface area contributed by atoms with E-state index in [2.05, 4.69) is 9.72 Å². The molecule has 0 spiro atoms. The van der Waals surface area contributed by atoms with Crippen molar-refractivity contribution in [2.45, 2.75) is 25.9 Å². The van der Waals surface area contributed by atoms with E-state index in [0.29, 0.717) is 15.8 Å². The highest BCUT2D eigenvalue weighted by Crippen LogP contribution is 2.38. The van der Waals surface area contributed by atoms with Crippen LogP contribution in [0.25, 0.3) is 0 Å². The van der Waals surface area contributed by atoms with Gasteiger partial charge in [-0.15, -0.1) is 0 Å². The Bertz CT molecular complexity index is 1030. The summed E-state index contributed by atoms with van der Waals surface area (Å²) in [7, 11) is 1.32. The number of fused-ring (bicyclic) bond motifs is 1. The van der Waals surface area contributed by atoms with E-state index >= 15 is 0 Å². The van der Waals surface area contributed by atoms with Crippen molar-refractivity contribution in [2.75, 3.05) is 7.11 Å². The monoisotopic (exact) mass is 399 g/mol. The van der Waals surface area contributed by atoms with Gasteiger partial charge in [-0.05, 0) is 66.8 Å². The second-order valence-electron chi connectivity index (χ2n) is 6.50. The summed E-state index contributed by atoms with van der Waals surface area (Å²) in [6.07, 6.45) is 2.80. The maximum absolute atomic E-state index is 13.6. The smallest absolute Gasteiger partial charge is 0.349 e. The van der Waals surface area contributed by atoms with Gasteiger partial charge in [-0.2, -0.15) is 0 Å². The highest BCUT2D eigenvalue weighted by atomic mass is 32.1. The predicted molar refractivity (Wildman–Crippen MR) is 103 cm³/mol. The average molecular weight is 399 g/mol. The van der Waals surface area contributed by atoms with Gasteiger partial charge in [0.1, 0.15) is 28.3 Å². The van der Waals surface area contributed by atoms with Crippen LogP contribution in [0.2, 0.25) is 0 Å². The Morgan fingerprint density at radius 3 is 2.96 bits per heavy atom. The van der Waals surface area contributed by atoms with Gasteiger partial charge in [-0.1, -0.05) is 17.4 Å². The topological polar surface area (TPSA) is 57.7 Å². The van der Waals surface area contributed by atoms with Gasteiger partial charge < -0.3 is 14.2 Å². The molecule has 2 aromatic carbocycles. The molecule has 1 atom stereocenters. The number of hydrogen-bond acceptors (Lipinski definition) is 6. The zero-order chi connectivity index (χ0) is 19.7. The second kappa shape index (κ2) is 7.59. The van der Waals surface area contributed by atoms with Crippen LogP contribution < -0.4 is 9.47 Å². The molecule has 0 fully saturated rings. The van der Waals surface area contributed by atoms with Crippen molar-refractivity contribution in [2.24, 2.45) is 0 Å². The van der Waals surface area contributed by atoms with E-state index in [1.54, 1.807) is 18.2 Å². The molecule has 1 unspecified atom stereocenters. The molecule has 5 nitrogen and oxygen atoms in total. The summed E-state index contributed by atoms with van der Waals surface area (Å²) < 4.78 is 30.2. The highest BCUT2D eigenvalue weighted by molar-refractivity contribution is 7.15. The molecule has 3 aromatic rings. The number of rotatable bonds is 4. The van der Waals surface area contributed by atoms with Crippen molar-refractivity contribution >= 4 is 17.3 Å². The van der Waals surface area contributed by atoms with E-state index in [9.17, 15) is 9.18 Å². The summed E-state index contributed by atoms with van der Waals surface area (Å²) in [5.74, 6) is 0.688. The number of nitrogens with zero attached hydrogens (tertiary/aromatic N) is 1. The molecule has 0 bridgehead atoms. The predicted octanol–water partition coefficient (Wildman–Crippen LogP) is 5.24. The molecule has 1 aliphatic rings. The first-order valence-corrected chi connectivity index (χ1v) is 9.63. The van der Waals surface area contributed by atoms with Gasteiger partial charge in [0.05, 0.1) is 13.3 Å². The van der Waals surface area contributed by atoms with E-state index < -0.39 is 5.97 Å². The molecule has 0 N–H and O–H groups in total. The first-order chi connectivity index (χ1) is 13.5. The highest BCUT2D eigenvalue weighted by Gasteiger charge is 2.24. The largest absolute Gasteiger partial charge is 0.485 e. The van der Waals surface area contributed by atoms with Gasteiger partial charge in [0.25, 0.3) is 5.19 Å². The fourth-order valence-corrected chi connectivity index (χ4v) is 3.91. The summed E-state index contributed by atoms with van der Waals surface area (Å²) >= 11 is 1.12. The van der Waals surface area contributed by atoms with Crippen LogP contribution in [-0.4, -0.2) is 18.1 Å². The summed E-state index contributed by atoms with van der Waals surface area (Å²) in [6.45, 7) is 1.96. The molecule has 0 aliphatic carbocycles. The zero-order valence-corrected chi connectivity index (χ0v) is 16.2. The SMILES string of the molecule is COC(=O)c1cnc(Oc2ccc3c(c2)CCC(c2cc(F)ccc2C)O3)s1. The lowest BCUT2D eigenvalue weighted by Gasteiger charge is -2.27. The number of esters is 1. The Kier molecular flexibility index (Phi) is 5.00. The number of ether oxygens (including phenoxy) is 3. The van der Waals surface area contributed by atoms with Crippen LogP contribution >= 0.6 is 11.3 Å². The minimum atomic E-state index is -0.440. The fraction of sp³-hybridized carbons (Fsp3) is 0.238. The molecule has 28 heavy (non-hydrogen) atoms. The quantitative estimate of drug-likeness (QED) is 0.562. The van der Waals surface area contributed by atoms with Crippen LogP contribution in [0.15, 0.2) is 42.6 Å². The van der Waals surface area contributed by atoms with E-state index in [0.717, 1.165) is 46.6 Å². The van der Waals surface area contributed by atoms with Gasteiger partial charge >= 0.3 is 5.97 Å². The Morgan fingerprint density at radius 1 is 1.29 bits per heavy atom. The lowest BCUT2D eigenvalue weighted by Crippen LogP contribution is -2.16. The lowest BCUT2D eigenvalue weighted by atomic mass is 9.94. The molecular formula is C21H18FNO4S. The Morgan fingerprint density at radius 2 is 2.14 bits per heavy atom. The van der Waals surface area contributed by atoms with Crippen molar-refractivity contribution in [1.29, 1.82) is 0 Å². The Balaban J connectivity index is 1.50. The number of benzene rings is 2. The molecule has 144 valence electrons. The van der Waals surface area contributed by atoms with Gasteiger partial charge in [0.15, 0.2) is 0 Å². The first kappa shape index (κ1) is 18.4. The van der Waals surface area contributed by atoms with E-state index in [-0.39, 0.29) is 11.9 Å². The number of carbonyl (C=O) groups is 1. The summed E-state index contributed by atoms with van der Waals surface area (Å²) in [5, 5.41) is 0.366. The van der Waals surface area contributed by atoms with Gasteiger partial charge in [-0.25, -0.2) is 14.2 Å². The maximum Gasteiger partial charge on any atom is 0.349 e. The number of hydrogen-bond donors (Lipinski definition) is 0. The van der Waals surface area contributed by atoms with Crippen LogP contribution in [0.5, 0.6) is 16.7 Å². The van der Waals surface area contributed by atoms with Crippen LogP contribution in [0.1, 0.15) is 38.9 Å². The van der Waals surface area contributed by atoms with E-state index in [1.165, 1.54) is 19.4 Å². The number of halogens is 1. The van der Waals surface area contributed by atoms with Crippen LogP contribution in [-0.2, 0) is 11.2 Å². The van der Waals surface area contributed by atoms with Crippen molar-refractivity contribution in [3.63, 3.8) is 0 Å². The van der Waals surface area contributed by atoms with Crippen molar-refractivity contribution in [1.82, 2.24) is 4.98 Å². The van der Waals surface area contributed by atoms with E-state index in [1.807, 2.05) is 19.1 Å². The Hall–Kier alpha value is -2.93. The van der Waals surface area contributed by atoms with Gasteiger partial charge in [0.2, 0.25) is 0 Å². The minimum absolute atomic E-state index is 0.170. The lowest BCUT2D eigenvalue weighted by molar-refractivity contribution is 0.0606. The van der Waals surface area contributed by atoms with Crippen molar-refractivity contribution in [3.8, 4) is 16.7 Å². The number of aromatic nitrogens is 1. The van der Waals surface area contributed by atoms with Crippen molar-refractivity contribution in [3.05, 3.63) is 70.0 Å². The average Bonchev–Trinajstić information content (AvgIpc) is 3.17. The van der Waals surface area contributed by atoms with E-state index in [4.69, 9.17) is 9.47 Å². The first-order valence-electron chi connectivity index (χ1n) is 8.81. The standard InChI is InChI=1S/C21H18FNO4S/c1-12-3-5-14(22)10-16(12)18-7-4-13-9-15(6-8-17(13)27-18)26-21-23-11-19(28-21)20(24)25-2/h3,5-6,8-11,18H,4,7H2,1-2H3. The van der Waals surface area contributed by atoms with Gasteiger partial charge in [-0.3, -0.25) is 0 Å². The molecule has 0 amide bonds. The third-order valence-electron chi connectivity index (χ3n) is 4.64. The summed E-state index contributed by atoms with van der Waals surface area (Å²) in [5.41, 5.74) is 2.91. The zero-order valence-electron chi connectivity index (χ0n) is 15.4. The number of methoxy groups -OCH3 is 1. The fourth-order valence-electron chi connectivity index (χ4n) is 3.21. The maximum atomic E-state index is 13.6. The number of carbonyl (C=O) groups excluding carboxylic acids is 1. The third-order valence-corrected chi connectivity index (χ3v) is 5.50. The molecule has 1 aliphatic heterocycles. The van der Waals surface area contributed by atoms with Crippen LogP contribution in [0, 0.1) is 12.7 Å². The summed E-state index contributed by atoms with van der Waals surface area (Å²) in [6, 6.07) is 10.3. The van der Waals surface area contributed by atoms with Crippen molar-refractivity contribution < 1.29 is 23.4 Å². The summed E-state index contributed by atoms with van der Waals surface area (Å²) in [4.78, 5) is 16.0. The second-order valence-corrected chi connectivity index (χ2v) is 7.49. The minimum Gasteiger partial charge on any atom is -0.485 e. The number of aryl methyl sites for hydroxylation is 2. The molecule has 0 saturated heterocycles. The molecule has 0 radical (unpaired) electrons. The molecule has 2 heterocycles. The molecule has 4 rings (SSSR count). The van der Waals surface area contributed by atoms with Gasteiger partial charge in [0, 0.05) is 0 Å². The Labute approximate surface area is 165 Å². The van der Waals surface area contributed by atoms with Crippen LogP contribution in [0.4, 0.5) is 4.39 Å². The normalized spacial score (nSPS) is 15.5.